The van der Waals surface area contributed by atoms with Crippen molar-refractivity contribution < 1.29 is 37.0 Å². The topological polar surface area (TPSA) is 146 Å². The van der Waals surface area contributed by atoms with E-state index in [1.807, 2.05) is 15.5 Å². The SMILES string of the molecule is N#CC1CC(n2cc(-c3ccc(C(=O)NC4(C(=O)O)C5CC6CC7CC4C7(C6)C5)c(C(F)(F)F)n3)c3ccc(OC4CCN(c5ncc(F)cn5)CC4)cc32)C1. The number of piperidine rings is 1. The highest BCUT2D eigenvalue weighted by Crippen LogP contribution is 2.78. The van der Waals surface area contributed by atoms with Gasteiger partial charge in [0.25, 0.3) is 5.91 Å². The average molecular weight is 770 g/mol. The molecule has 3 aromatic heterocycles. The fourth-order valence-corrected chi connectivity index (χ4v) is 11.7. The maximum atomic E-state index is 14.9. The predicted octanol–water partition coefficient (Wildman–Crippen LogP) is 7.18. The lowest BCUT2D eigenvalue weighted by atomic mass is 9.53. The third-order valence-corrected chi connectivity index (χ3v) is 14.2. The smallest absolute Gasteiger partial charge is 0.434 e. The zero-order valence-corrected chi connectivity index (χ0v) is 30.3. The summed E-state index contributed by atoms with van der Waals surface area (Å²) < 4.78 is 66.3. The molecular weight excluding hydrogens is 730 g/mol. The molecule has 290 valence electrons. The minimum absolute atomic E-state index is 0.0144. The average Bonchev–Trinajstić information content (AvgIpc) is 3.66. The van der Waals surface area contributed by atoms with Crippen molar-refractivity contribution in [1.82, 2.24) is 24.8 Å². The number of ether oxygens (including phenoxy) is 1. The van der Waals surface area contributed by atoms with Gasteiger partial charge in [0.05, 0.1) is 41.2 Å². The number of benzene rings is 1. The summed E-state index contributed by atoms with van der Waals surface area (Å²) in [6.07, 6.45) is 5.42. The number of aliphatic carboxylic acids is 1. The highest BCUT2D eigenvalue weighted by Gasteiger charge is 2.78. The molecule has 5 saturated carbocycles. The van der Waals surface area contributed by atoms with Crippen molar-refractivity contribution in [2.45, 2.75) is 81.6 Å². The van der Waals surface area contributed by atoms with Gasteiger partial charge < -0.3 is 24.6 Å². The first kappa shape index (κ1) is 35.2. The van der Waals surface area contributed by atoms with Crippen LogP contribution in [0.2, 0.25) is 0 Å². The largest absolute Gasteiger partial charge is 0.490 e. The number of carboxylic acid groups (broad SMARTS) is 1. The van der Waals surface area contributed by atoms with E-state index in [2.05, 4.69) is 26.3 Å². The van der Waals surface area contributed by atoms with Crippen molar-refractivity contribution in [3.05, 3.63) is 66.0 Å². The van der Waals surface area contributed by atoms with Gasteiger partial charge in [0.15, 0.2) is 11.5 Å². The lowest BCUT2D eigenvalue weighted by molar-refractivity contribution is -0.153. The van der Waals surface area contributed by atoms with Gasteiger partial charge in [0.2, 0.25) is 5.95 Å². The van der Waals surface area contributed by atoms with Crippen LogP contribution in [-0.2, 0) is 11.0 Å². The highest BCUT2D eigenvalue weighted by molar-refractivity contribution is 6.01. The Morgan fingerprint density at radius 1 is 1.00 bits per heavy atom. The number of pyridine rings is 1. The standard InChI is InChI=1S/C41H39F4N7O4/c42-25-18-47-38(48-19-25)51-7-5-27(6-8-51)56-28-1-2-29-31(20-52(33(29)14-28)26-11-22(12-26)17-46)32-4-3-30(35(49-32)41(43,44)45)36(53)50-40(37(54)55)24-10-21-9-23-13-34(40)39(23,15-21)16-24/h1-4,14,18-24,26-27,34H,5-13,15-16H2,(H,50,53)(H,54,55). The zero-order chi connectivity index (χ0) is 38.7. The number of anilines is 1. The van der Waals surface area contributed by atoms with Crippen molar-refractivity contribution in [1.29, 1.82) is 5.26 Å². The Morgan fingerprint density at radius 2 is 1.75 bits per heavy atom. The monoisotopic (exact) mass is 769 g/mol. The number of nitrogens with zero attached hydrogens (tertiary/aromatic N) is 6. The van der Waals surface area contributed by atoms with Crippen LogP contribution in [0.1, 0.15) is 79.9 Å². The van der Waals surface area contributed by atoms with Gasteiger partial charge in [-0.05, 0) is 98.3 Å². The maximum absolute atomic E-state index is 14.9. The summed E-state index contributed by atoms with van der Waals surface area (Å²) >= 11 is 0. The lowest BCUT2D eigenvalue weighted by Crippen LogP contribution is -2.65. The Bertz CT molecular complexity index is 2310. The van der Waals surface area contributed by atoms with Crippen LogP contribution >= 0.6 is 0 Å². The molecule has 1 aromatic carbocycles. The Hall–Kier alpha value is -5.26. The van der Waals surface area contributed by atoms with E-state index < -0.39 is 40.7 Å². The molecule has 11 nitrogen and oxygen atoms in total. The number of hydrogen-bond donors (Lipinski definition) is 2. The van der Waals surface area contributed by atoms with Crippen molar-refractivity contribution in [3.8, 4) is 23.1 Å². The first-order chi connectivity index (χ1) is 26.9. The number of hydrogen-bond acceptors (Lipinski definition) is 8. The molecule has 5 aliphatic carbocycles. The molecule has 1 amide bonds. The van der Waals surface area contributed by atoms with Crippen molar-refractivity contribution >= 4 is 28.7 Å². The van der Waals surface area contributed by atoms with Crippen LogP contribution < -0.4 is 15.0 Å². The molecule has 0 radical (unpaired) electrons. The molecule has 6 aliphatic rings. The molecule has 1 aliphatic heterocycles. The van der Waals surface area contributed by atoms with Crippen LogP contribution in [0, 0.1) is 52.2 Å². The molecule has 6 unspecified atom stereocenters. The minimum atomic E-state index is -5.00. The lowest BCUT2D eigenvalue weighted by Gasteiger charge is -2.53. The molecule has 4 aromatic rings. The molecule has 56 heavy (non-hydrogen) atoms. The van der Waals surface area contributed by atoms with Crippen molar-refractivity contribution in [2.75, 3.05) is 18.0 Å². The van der Waals surface area contributed by atoms with E-state index in [4.69, 9.17) is 4.74 Å². The number of nitrogens with one attached hydrogen (secondary N) is 1. The van der Waals surface area contributed by atoms with E-state index in [-0.39, 0.29) is 41.0 Å². The summed E-state index contributed by atoms with van der Waals surface area (Å²) in [5.74, 6) is -1.63. The zero-order valence-electron chi connectivity index (χ0n) is 30.3. The Balaban J connectivity index is 0.947. The molecule has 6 fully saturated rings. The fourth-order valence-electron chi connectivity index (χ4n) is 11.7. The number of fused-ring (bicyclic) bond motifs is 3. The van der Waals surface area contributed by atoms with E-state index in [1.54, 1.807) is 18.3 Å². The molecule has 2 N–H and O–H groups in total. The van der Waals surface area contributed by atoms with Gasteiger partial charge in [-0.1, -0.05) is 0 Å². The van der Waals surface area contributed by atoms with Crippen LogP contribution in [0.25, 0.3) is 22.2 Å². The molecule has 1 saturated heterocycles. The van der Waals surface area contributed by atoms with Crippen molar-refractivity contribution in [2.24, 2.45) is 35.0 Å². The quantitative estimate of drug-likeness (QED) is 0.178. The maximum Gasteiger partial charge on any atom is 0.434 e. The Labute approximate surface area is 319 Å². The number of halogens is 4. The number of nitriles is 1. The fraction of sp³-hybridized carbons (Fsp3) is 0.512. The number of carbonyl (C=O) groups is 2. The van der Waals surface area contributed by atoms with Crippen LogP contribution in [-0.4, -0.2) is 61.2 Å². The molecule has 6 atom stereocenters. The minimum Gasteiger partial charge on any atom is -0.490 e. The van der Waals surface area contributed by atoms with Crippen molar-refractivity contribution in [3.63, 3.8) is 0 Å². The van der Waals surface area contributed by atoms with Crippen LogP contribution in [0.5, 0.6) is 5.75 Å². The van der Waals surface area contributed by atoms with E-state index in [1.165, 1.54) is 6.07 Å². The second-order valence-electron chi connectivity index (χ2n) is 17.0. The van der Waals surface area contributed by atoms with Gasteiger partial charge in [-0.3, -0.25) is 4.79 Å². The second kappa shape index (κ2) is 12.4. The van der Waals surface area contributed by atoms with E-state index in [0.29, 0.717) is 92.5 Å². The molecule has 10 rings (SSSR count). The summed E-state index contributed by atoms with van der Waals surface area (Å²) in [7, 11) is 0. The molecular formula is C41H39F4N7O4. The first-order valence-electron chi connectivity index (χ1n) is 19.4. The van der Waals surface area contributed by atoms with Gasteiger partial charge in [0.1, 0.15) is 17.4 Å². The summed E-state index contributed by atoms with van der Waals surface area (Å²) in [5.41, 5.74) is -2.65. The number of carbonyl (C=O) groups excluding carboxylic acids is 1. The van der Waals surface area contributed by atoms with Gasteiger partial charge in [0, 0.05) is 55.2 Å². The molecule has 3 bridgehead atoms. The number of alkyl halides is 3. The van der Waals surface area contributed by atoms with Crippen LogP contribution in [0.4, 0.5) is 23.5 Å². The van der Waals surface area contributed by atoms with Crippen LogP contribution in [0.3, 0.4) is 0 Å². The third-order valence-electron chi connectivity index (χ3n) is 14.2. The van der Waals surface area contributed by atoms with E-state index >= 15 is 0 Å². The number of rotatable bonds is 8. The summed E-state index contributed by atoms with van der Waals surface area (Å²) in [4.78, 5) is 41.1. The van der Waals surface area contributed by atoms with E-state index in [0.717, 1.165) is 36.8 Å². The summed E-state index contributed by atoms with van der Waals surface area (Å²) in [6, 6.07) is 10.2. The molecule has 15 heteroatoms. The van der Waals surface area contributed by atoms with Gasteiger partial charge in [-0.25, -0.2) is 24.1 Å². The van der Waals surface area contributed by atoms with E-state index in [9.17, 15) is 37.5 Å². The first-order valence-corrected chi connectivity index (χ1v) is 19.4. The summed E-state index contributed by atoms with van der Waals surface area (Å²) in [6.45, 7) is 1.22. The normalized spacial score (nSPS) is 31.7. The number of carboxylic acids is 1. The predicted molar refractivity (Wildman–Crippen MR) is 193 cm³/mol. The Morgan fingerprint density at radius 3 is 2.46 bits per heavy atom. The molecule has 4 heterocycles. The number of aromatic nitrogens is 4. The second-order valence-corrected chi connectivity index (χ2v) is 17.0. The van der Waals surface area contributed by atoms with Gasteiger partial charge >= 0.3 is 12.1 Å². The Kier molecular flexibility index (Phi) is 7.77. The van der Waals surface area contributed by atoms with Crippen LogP contribution in [0.15, 0.2) is 48.9 Å². The summed E-state index contributed by atoms with van der Waals surface area (Å²) in [5, 5.41) is 23.5. The van der Waals surface area contributed by atoms with Gasteiger partial charge in [-0.15, -0.1) is 0 Å². The van der Waals surface area contributed by atoms with Gasteiger partial charge in [-0.2, -0.15) is 18.4 Å². The number of amides is 1. The molecule has 1 spiro atoms. The third kappa shape index (κ3) is 5.23. The highest BCUT2D eigenvalue weighted by atomic mass is 19.4.